The molecule has 0 aliphatic carbocycles. The first kappa shape index (κ1) is 8.57. The first-order valence-electron chi connectivity index (χ1n) is 3.06. The number of carbonyl (C=O) groups excluding carboxylic acids is 1. The van der Waals surface area contributed by atoms with Crippen LogP contribution in [-0.2, 0) is 0 Å². The molecule has 1 rings (SSSR count). The van der Waals surface area contributed by atoms with Crippen molar-refractivity contribution in [1.29, 1.82) is 5.26 Å². The molecule has 1 aromatic rings. The minimum absolute atomic E-state index is 0.0223. The van der Waals surface area contributed by atoms with Crippen molar-refractivity contribution in [2.45, 2.75) is 0 Å². The molecule has 0 radical (unpaired) electrons. The molecule has 0 bridgehead atoms. The van der Waals surface area contributed by atoms with E-state index in [9.17, 15) is 9.90 Å². The zero-order valence-electron chi connectivity index (χ0n) is 5.87. The summed E-state index contributed by atoms with van der Waals surface area (Å²) in [5, 5.41) is 18.8. The molecule has 0 aliphatic heterocycles. The number of halogens is 1. The van der Waals surface area contributed by atoms with Crippen molar-refractivity contribution in [3.8, 4) is 6.07 Å². The molecule has 0 saturated carbocycles. The van der Waals surface area contributed by atoms with Crippen molar-refractivity contribution < 1.29 is 9.90 Å². The van der Waals surface area contributed by atoms with Crippen LogP contribution in [0.1, 0.15) is 15.9 Å². The molecule has 4 heteroatoms. The summed E-state index contributed by atoms with van der Waals surface area (Å²) in [6.45, 7) is 0. The highest BCUT2D eigenvalue weighted by Gasteiger charge is 2.01. The molecule has 0 fully saturated rings. The highest BCUT2D eigenvalue weighted by Crippen LogP contribution is 2.16. The van der Waals surface area contributed by atoms with E-state index in [2.05, 4.69) is 0 Å². The normalized spacial score (nSPS) is 9.00. The number of carboxylic acids is 1. The second-order valence-electron chi connectivity index (χ2n) is 2.09. The highest BCUT2D eigenvalue weighted by molar-refractivity contribution is 6.33. The van der Waals surface area contributed by atoms with Crippen LogP contribution < -0.4 is 5.11 Å². The zero-order chi connectivity index (χ0) is 9.14. The van der Waals surface area contributed by atoms with Gasteiger partial charge < -0.3 is 9.90 Å². The Bertz CT molecular complexity index is 368. The maximum atomic E-state index is 10.3. The third-order valence-corrected chi connectivity index (χ3v) is 1.63. The van der Waals surface area contributed by atoms with Crippen molar-refractivity contribution in [3.63, 3.8) is 0 Å². The second kappa shape index (κ2) is 3.24. The molecular weight excluding hydrogens is 178 g/mol. The number of hydrogen-bond acceptors (Lipinski definition) is 3. The minimum Gasteiger partial charge on any atom is -0.545 e. The second-order valence-corrected chi connectivity index (χ2v) is 2.50. The summed E-state index contributed by atoms with van der Waals surface area (Å²) >= 11 is 5.53. The van der Waals surface area contributed by atoms with E-state index >= 15 is 0 Å². The average Bonchev–Trinajstić information content (AvgIpc) is 2.03. The topological polar surface area (TPSA) is 63.9 Å². The van der Waals surface area contributed by atoms with Crippen LogP contribution in [0.15, 0.2) is 18.2 Å². The molecule has 60 valence electrons. The molecule has 1 aromatic carbocycles. The number of carbonyl (C=O) groups is 1. The number of aromatic carboxylic acids is 1. The van der Waals surface area contributed by atoms with E-state index in [1.165, 1.54) is 18.2 Å². The summed E-state index contributed by atoms with van der Waals surface area (Å²) in [6.07, 6.45) is 0. The monoisotopic (exact) mass is 180 g/mol. The summed E-state index contributed by atoms with van der Waals surface area (Å²) in [5.74, 6) is -1.34. The van der Waals surface area contributed by atoms with E-state index in [0.29, 0.717) is 5.56 Å². The lowest BCUT2D eigenvalue weighted by Crippen LogP contribution is -2.22. The van der Waals surface area contributed by atoms with Crippen molar-refractivity contribution in [2.24, 2.45) is 0 Å². The van der Waals surface area contributed by atoms with Gasteiger partial charge in [0, 0.05) is 5.56 Å². The van der Waals surface area contributed by atoms with Gasteiger partial charge in [-0.2, -0.15) is 5.26 Å². The fourth-order valence-electron chi connectivity index (χ4n) is 0.750. The van der Waals surface area contributed by atoms with E-state index in [-0.39, 0.29) is 10.6 Å². The number of nitrogens with zero attached hydrogens (tertiary/aromatic N) is 1. The third-order valence-electron chi connectivity index (χ3n) is 1.32. The predicted molar refractivity (Wildman–Crippen MR) is 40.5 cm³/mol. The maximum absolute atomic E-state index is 10.3. The van der Waals surface area contributed by atoms with Crippen LogP contribution in [-0.4, -0.2) is 5.97 Å². The van der Waals surface area contributed by atoms with Crippen LogP contribution in [0.25, 0.3) is 0 Å². The van der Waals surface area contributed by atoms with Gasteiger partial charge in [0.2, 0.25) is 0 Å². The van der Waals surface area contributed by atoms with Gasteiger partial charge in [-0.1, -0.05) is 17.7 Å². The van der Waals surface area contributed by atoms with E-state index in [4.69, 9.17) is 16.9 Å². The maximum Gasteiger partial charge on any atom is 0.0992 e. The highest BCUT2D eigenvalue weighted by atomic mass is 35.5. The van der Waals surface area contributed by atoms with E-state index < -0.39 is 5.97 Å². The van der Waals surface area contributed by atoms with Crippen LogP contribution in [0.3, 0.4) is 0 Å². The summed E-state index contributed by atoms with van der Waals surface area (Å²) in [5.41, 5.74) is 0.223. The lowest BCUT2D eigenvalue weighted by atomic mass is 10.1. The fraction of sp³-hybridized carbons (Fsp3) is 0. The van der Waals surface area contributed by atoms with Gasteiger partial charge in [-0.25, -0.2) is 0 Å². The van der Waals surface area contributed by atoms with Crippen LogP contribution in [0.5, 0.6) is 0 Å². The van der Waals surface area contributed by atoms with Gasteiger partial charge in [0.25, 0.3) is 0 Å². The Kier molecular flexibility index (Phi) is 2.32. The summed E-state index contributed by atoms with van der Waals surface area (Å²) < 4.78 is 0. The SMILES string of the molecule is N#Cc1ccc(C(=O)[O-])c(Cl)c1. The molecule has 0 saturated heterocycles. The Labute approximate surface area is 73.8 Å². The number of nitriles is 1. The Hall–Kier alpha value is -1.53. The summed E-state index contributed by atoms with van der Waals surface area (Å²) in [4.78, 5) is 10.3. The van der Waals surface area contributed by atoms with Gasteiger partial charge in [0.1, 0.15) is 0 Å². The average molecular weight is 181 g/mol. The van der Waals surface area contributed by atoms with Crippen LogP contribution >= 0.6 is 11.6 Å². The first-order chi connectivity index (χ1) is 5.65. The number of benzene rings is 1. The first-order valence-corrected chi connectivity index (χ1v) is 3.44. The van der Waals surface area contributed by atoms with E-state index in [1.807, 2.05) is 6.07 Å². The van der Waals surface area contributed by atoms with Crippen molar-refractivity contribution in [3.05, 3.63) is 34.3 Å². The number of rotatable bonds is 1. The van der Waals surface area contributed by atoms with E-state index in [0.717, 1.165) is 0 Å². The molecule has 0 atom stereocenters. The van der Waals surface area contributed by atoms with Crippen molar-refractivity contribution in [2.75, 3.05) is 0 Å². The van der Waals surface area contributed by atoms with E-state index in [1.54, 1.807) is 0 Å². The molecule has 0 spiro atoms. The zero-order valence-corrected chi connectivity index (χ0v) is 6.63. The van der Waals surface area contributed by atoms with Crippen LogP contribution in [0.4, 0.5) is 0 Å². The number of hydrogen-bond donors (Lipinski definition) is 0. The molecule has 0 heterocycles. The Morgan fingerprint density at radius 3 is 2.67 bits per heavy atom. The van der Waals surface area contributed by atoms with Crippen LogP contribution in [0.2, 0.25) is 5.02 Å². The van der Waals surface area contributed by atoms with Gasteiger partial charge in [-0.05, 0) is 12.1 Å². The lowest BCUT2D eigenvalue weighted by molar-refractivity contribution is -0.255. The molecule has 0 unspecified atom stereocenters. The number of carboxylic acid groups (broad SMARTS) is 1. The molecule has 0 amide bonds. The predicted octanol–water partition coefficient (Wildman–Crippen LogP) is 0.575. The molecular formula is C8H3ClNO2-. The Balaban J connectivity index is 3.23. The van der Waals surface area contributed by atoms with Crippen molar-refractivity contribution in [1.82, 2.24) is 0 Å². The fourth-order valence-corrected chi connectivity index (χ4v) is 1.01. The molecule has 0 N–H and O–H groups in total. The van der Waals surface area contributed by atoms with Crippen molar-refractivity contribution >= 4 is 17.6 Å². The Morgan fingerprint density at radius 1 is 1.58 bits per heavy atom. The van der Waals surface area contributed by atoms with Gasteiger partial charge >= 0.3 is 0 Å². The quantitative estimate of drug-likeness (QED) is 0.635. The lowest BCUT2D eigenvalue weighted by Gasteiger charge is -2.03. The summed E-state index contributed by atoms with van der Waals surface area (Å²) in [6, 6.07) is 5.74. The van der Waals surface area contributed by atoms with Gasteiger partial charge in [-0.15, -0.1) is 0 Å². The minimum atomic E-state index is -1.34. The molecule has 0 aliphatic rings. The van der Waals surface area contributed by atoms with Crippen LogP contribution in [0, 0.1) is 11.3 Å². The smallest absolute Gasteiger partial charge is 0.0992 e. The molecule has 3 nitrogen and oxygen atoms in total. The largest absolute Gasteiger partial charge is 0.545 e. The third kappa shape index (κ3) is 1.55. The molecule has 12 heavy (non-hydrogen) atoms. The van der Waals surface area contributed by atoms with Gasteiger partial charge in [-0.3, -0.25) is 0 Å². The standard InChI is InChI=1S/C8H4ClNO2/c9-7-3-5(4-10)1-2-6(7)8(11)12/h1-3H,(H,11,12)/p-1. The Morgan fingerprint density at radius 2 is 2.25 bits per heavy atom. The van der Waals surface area contributed by atoms with Gasteiger partial charge in [0.05, 0.1) is 22.6 Å². The summed E-state index contributed by atoms with van der Waals surface area (Å²) in [7, 11) is 0. The van der Waals surface area contributed by atoms with Gasteiger partial charge in [0.15, 0.2) is 0 Å². The molecule has 0 aromatic heterocycles.